The first kappa shape index (κ1) is 16.1. The van der Waals surface area contributed by atoms with E-state index in [-0.39, 0.29) is 17.6 Å². The molecule has 1 N–H and O–H groups in total. The third-order valence-electron chi connectivity index (χ3n) is 2.78. The van der Waals surface area contributed by atoms with E-state index in [1.807, 2.05) is 0 Å². The lowest BCUT2D eigenvalue weighted by Crippen LogP contribution is -2.22. The van der Waals surface area contributed by atoms with Crippen molar-refractivity contribution in [3.8, 4) is 5.69 Å². The van der Waals surface area contributed by atoms with E-state index in [1.54, 1.807) is 48.4 Å². The average molecular weight is 348 g/mol. The SMILES string of the molecule is CC(CCl)CS(=O)(=O)Nc1cccc(Cl)c1-n1ccnc1. The fourth-order valence-corrected chi connectivity index (χ4v) is 3.84. The lowest BCUT2D eigenvalue weighted by atomic mass is 10.2. The first-order valence-electron chi connectivity index (χ1n) is 6.26. The van der Waals surface area contributed by atoms with Crippen LogP contribution in [-0.2, 0) is 10.0 Å². The fraction of sp³-hybridized carbons (Fsp3) is 0.308. The summed E-state index contributed by atoms with van der Waals surface area (Å²) in [5.41, 5.74) is 0.945. The van der Waals surface area contributed by atoms with Crippen molar-refractivity contribution >= 4 is 38.9 Å². The average Bonchev–Trinajstić information content (AvgIpc) is 2.91. The number of imidazole rings is 1. The Hall–Kier alpha value is -1.24. The summed E-state index contributed by atoms with van der Waals surface area (Å²) in [6.07, 6.45) is 4.85. The zero-order valence-corrected chi connectivity index (χ0v) is 13.7. The number of aromatic nitrogens is 2. The Morgan fingerprint density at radius 3 is 2.81 bits per heavy atom. The summed E-state index contributed by atoms with van der Waals surface area (Å²) in [5.74, 6) is 0.0945. The molecule has 0 aliphatic rings. The number of nitrogens with zero attached hydrogens (tertiary/aromatic N) is 2. The van der Waals surface area contributed by atoms with Crippen molar-refractivity contribution in [1.82, 2.24) is 9.55 Å². The van der Waals surface area contributed by atoms with Gasteiger partial charge in [0.15, 0.2) is 0 Å². The number of nitrogens with one attached hydrogen (secondary N) is 1. The van der Waals surface area contributed by atoms with Gasteiger partial charge in [-0.25, -0.2) is 13.4 Å². The highest BCUT2D eigenvalue weighted by Gasteiger charge is 2.18. The highest BCUT2D eigenvalue weighted by atomic mass is 35.5. The number of sulfonamides is 1. The van der Waals surface area contributed by atoms with E-state index in [9.17, 15) is 8.42 Å². The molecule has 1 aromatic carbocycles. The number of hydrogen-bond donors (Lipinski definition) is 1. The highest BCUT2D eigenvalue weighted by Crippen LogP contribution is 2.29. The summed E-state index contributed by atoms with van der Waals surface area (Å²) in [6, 6.07) is 5.03. The molecule has 0 saturated carbocycles. The molecule has 0 aliphatic heterocycles. The Bertz CT molecular complexity index is 702. The Balaban J connectivity index is 2.35. The van der Waals surface area contributed by atoms with Gasteiger partial charge in [0.25, 0.3) is 0 Å². The van der Waals surface area contributed by atoms with Gasteiger partial charge in [-0.15, -0.1) is 11.6 Å². The van der Waals surface area contributed by atoms with Gasteiger partial charge in [0, 0.05) is 18.3 Å². The van der Waals surface area contributed by atoms with E-state index in [0.29, 0.717) is 16.4 Å². The molecule has 0 aliphatic carbocycles. The molecule has 2 aromatic rings. The maximum absolute atomic E-state index is 12.2. The van der Waals surface area contributed by atoms with Crippen molar-refractivity contribution in [3.05, 3.63) is 41.9 Å². The summed E-state index contributed by atoms with van der Waals surface area (Å²) in [6.45, 7) is 1.78. The largest absolute Gasteiger partial charge is 0.303 e. The minimum absolute atomic E-state index is 0.0492. The first-order valence-corrected chi connectivity index (χ1v) is 8.82. The van der Waals surface area contributed by atoms with Gasteiger partial charge in [0.05, 0.1) is 28.5 Å². The Labute approximate surface area is 134 Å². The molecule has 8 heteroatoms. The smallest absolute Gasteiger partial charge is 0.233 e. The first-order chi connectivity index (χ1) is 9.93. The summed E-state index contributed by atoms with van der Waals surface area (Å²) in [4.78, 5) is 3.95. The lowest BCUT2D eigenvalue weighted by molar-refractivity contribution is 0.588. The van der Waals surface area contributed by atoms with Crippen LogP contribution in [-0.4, -0.2) is 29.6 Å². The monoisotopic (exact) mass is 347 g/mol. The molecule has 0 radical (unpaired) electrons. The van der Waals surface area contributed by atoms with Crippen LogP contribution in [0.2, 0.25) is 5.02 Å². The second-order valence-electron chi connectivity index (χ2n) is 4.75. The number of hydrogen-bond acceptors (Lipinski definition) is 3. The van der Waals surface area contributed by atoms with Crippen LogP contribution in [0.1, 0.15) is 6.92 Å². The zero-order valence-electron chi connectivity index (χ0n) is 11.3. The number of rotatable bonds is 6. The third kappa shape index (κ3) is 4.12. The van der Waals surface area contributed by atoms with Gasteiger partial charge in [0.1, 0.15) is 0 Å². The van der Waals surface area contributed by atoms with Gasteiger partial charge in [-0.1, -0.05) is 24.6 Å². The van der Waals surface area contributed by atoms with Crippen molar-refractivity contribution in [2.75, 3.05) is 16.4 Å². The Morgan fingerprint density at radius 2 is 2.19 bits per heavy atom. The van der Waals surface area contributed by atoms with Gasteiger partial charge >= 0.3 is 0 Å². The van der Waals surface area contributed by atoms with E-state index < -0.39 is 10.0 Å². The minimum Gasteiger partial charge on any atom is -0.303 e. The number of alkyl halides is 1. The number of benzene rings is 1. The minimum atomic E-state index is -3.50. The van der Waals surface area contributed by atoms with Gasteiger partial charge in [-0.05, 0) is 18.1 Å². The van der Waals surface area contributed by atoms with Crippen LogP contribution >= 0.6 is 23.2 Å². The number of anilines is 1. The molecule has 21 heavy (non-hydrogen) atoms. The molecule has 5 nitrogen and oxygen atoms in total. The van der Waals surface area contributed by atoms with E-state index in [4.69, 9.17) is 23.2 Å². The molecule has 1 unspecified atom stereocenters. The summed E-state index contributed by atoms with van der Waals surface area (Å²) < 4.78 is 28.5. The van der Waals surface area contributed by atoms with Crippen molar-refractivity contribution in [1.29, 1.82) is 0 Å². The molecule has 0 fully saturated rings. The summed E-state index contributed by atoms with van der Waals surface area (Å²) >= 11 is 11.9. The van der Waals surface area contributed by atoms with Crippen LogP contribution in [0.25, 0.3) is 5.69 Å². The molecular weight excluding hydrogens is 333 g/mol. The molecule has 0 saturated heterocycles. The lowest BCUT2D eigenvalue weighted by Gasteiger charge is -2.15. The quantitative estimate of drug-likeness (QED) is 0.816. The second-order valence-corrected chi connectivity index (χ2v) is 7.23. The van der Waals surface area contributed by atoms with Crippen molar-refractivity contribution < 1.29 is 8.42 Å². The second kappa shape index (κ2) is 6.68. The third-order valence-corrected chi connectivity index (χ3v) is 5.15. The molecule has 114 valence electrons. The van der Waals surface area contributed by atoms with Gasteiger partial charge in [0.2, 0.25) is 10.0 Å². The summed E-state index contributed by atoms with van der Waals surface area (Å²) in [5, 5.41) is 0.429. The van der Waals surface area contributed by atoms with Crippen molar-refractivity contribution in [2.24, 2.45) is 5.92 Å². The predicted octanol–water partition coefficient (Wildman–Crippen LogP) is 3.14. The molecule has 0 amide bonds. The molecule has 0 bridgehead atoms. The molecule has 1 atom stereocenters. The maximum atomic E-state index is 12.2. The van der Waals surface area contributed by atoms with Crippen LogP contribution in [0.4, 0.5) is 5.69 Å². The molecular formula is C13H15Cl2N3O2S. The molecule has 2 rings (SSSR count). The van der Waals surface area contributed by atoms with Crippen LogP contribution in [0, 0.1) is 5.92 Å². The highest BCUT2D eigenvalue weighted by molar-refractivity contribution is 7.92. The normalized spacial score (nSPS) is 13.1. The van der Waals surface area contributed by atoms with Crippen LogP contribution in [0.5, 0.6) is 0 Å². The molecule has 1 heterocycles. The number of para-hydroxylation sites is 1. The van der Waals surface area contributed by atoms with E-state index >= 15 is 0 Å². The fourth-order valence-electron chi connectivity index (χ4n) is 1.88. The molecule has 1 aromatic heterocycles. The van der Waals surface area contributed by atoms with E-state index in [1.165, 1.54) is 0 Å². The topological polar surface area (TPSA) is 64.0 Å². The van der Waals surface area contributed by atoms with Gasteiger partial charge < -0.3 is 4.57 Å². The van der Waals surface area contributed by atoms with Gasteiger partial charge in [-0.3, -0.25) is 4.72 Å². The van der Waals surface area contributed by atoms with Crippen LogP contribution in [0.15, 0.2) is 36.9 Å². The zero-order chi connectivity index (χ0) is 15.5. The van der Waals surface area contributed by atoms with Crippen molar-refractivity contribution in [2.45, 2.75) is 6.92 Å². The molecule has 0 spiro atoms. The van der Waals surface area contributed by atoms with E-state index in [2.05, 4.69) is 9.71 Å². The summed E-state index contributed by atoms with van der Waals surface area (Å²) in [7, 11) is -3.50. The predicted molar refractivity (Wildman–Crippen MR) is 85.9 cm³/mol. The van der Waals surface area contributed by atoms with E-state index in [0.717, 1.165) is 0 Å². The van der Waals surface area contributed by atoms with Crippen LogP contribution in [0.3, 0.4) is 0 Å². The van der Waals surface area contributed by atoms with Crippen LogP contribution < -0.4 is 4.72 Å². The Morgan fingerprint density at radius 1 is 1.43 bits per heavy atom. The Kier molecular flexibility index (Phi) is 5.13. The standard InChI is InChI=1S/C13H15Cl2N3O2S/c1-10(7-14)8-21(19,20)17-12-4-2-3-11(15)13(12)18-6-5-16-9-18/h2-6,9-10,17H,7-8H2,1H3. The number of halogens is 2. The van der Waals surface area contributed by atoms with Gasteiger partial charge in [-0.2, -0.15) is 0 Å². The maximum Gasteiger partial charge on any atom is 0.233 e. The van der Waals surface area contributed by atoms with Crippen molar-refractivity contribution in [3.63, 3.8) is 0 Å².